The zero-order valence-electron chi connectivity index (χ0n) is 47.3. The number of halogens is 2. The first-order chi connectivity index (χ1) is 37.2. The molecule has 2 fully saturated rings. The van der Waals surface area contributed by atoms with Crippen LogP contribution in [0.2, 0.25) is 0 Å². The molecule has 2 heterocycles. The fourth-order valence-electron chi connectivity index (χ4n) is 8.38. The van der Waals surface area contributed by atoms with Crippen molar-refractivity contribution in [2.24, 2.45) is 11.8 Å². The number of ether oxygens (including phenoxy) is 8. The van der Waals surface area contributed by atoms with Crippen LogP contribution >= 0.6 is 0 Å². The maximum atomic E-state index is 13.8. The minimum atomic E-state index is -1.61. The molecular weight excluding hydrogens is 1070 g/mol. The van der Waals surface area contributed by atoms with Crippen LogP contribution in [0.4, 0.5) is 8.78 Å². The van der Waals surface area contributed by atoms with Gasteiger partial charge in [0.05, 0.1) is 0 Å². The Bertz CT molecular complexity index is 2280. The summed E-state index contributed by atoms with van der Waals surface area (Å²) in [7, 11) is 2.38. The van der Waals surface area contributed by atoms with Crippen LogP contribution in [0.15, 0.2) is 42.5 Å². The average Bonchev–Trinajstić information content (AvgIpc) is 3.66. The molecule has 0 spiro atoms. The Balaban J connectivity index is 0.00000158. The summed E-state index contributed by atoms with van der Waals surface area (Å²) in [6.45, 7) is 15.3. The quantitative estimate of drug-likeness (QED) is 0.0559. The van der Waals surface area contributed by atoms with Gasteiger partial charge in [0, 0.05) is 81.5 Å². The van der Waals surface area contributed by atoms with E-state index in [1.54, 1.807) is 12.2 Å². The lowest BCUT2D eigenvalue weighted by Gasteiger charge is -2.34. The Labute approximate surface area is 475 Å². The highest BCUT2D eigenvalue weighted by molar-refractivity contribution is 5.91. The Morgan fingerprint density at radius 1 is 0.580 bits per heavy atom. The number of allylic oxidation sites excluding steroid dienone is 2. The molecule has 2 aliphatic rings. The first kappa shape index (κ1) is 74.2. The molecule has 4 amide bonds. The number of likely N-dealkylation sites (tertiary alicyclic amines) is 1. The molecule has 1 aromatic carbocycles. The molecule has 2 aliphatic heterocycles. The second kappa shape index (κ2) is 38.0. The van der Waals surface area contributed by atoms with E-state index in [9.17, 15) is 56.7 Å². The third-order valence-corrected chi connectivity index (χ3v) is 12.5. The topological polar surface area (TPSA) is 284 Å². The number of methoxy groups -OCH3 is 2. The second-order valence-electron chi connectivity index (χ2n) is 19.2. The van der Waals surface area contributed by atoms with Crippen LogP contribution in [0.3, 0.4) is 0 Å². The standard InChI is InChI=1S/C31H42F2N2O9.C24H38N2O9.2CH4/c1-7-18(2)11-12-26(42-19(3)36)27(43-20(4)37)28(44-21(5)38)29(41-6)30(39)34-25-10-8-9-13-35(31(25)40)17-22-14-23(32)16-24(33)15-22;1-7-14(2)11-12-19(33-15(3)27)20(34-16(4)28)21(35-17(5)29)22(32-6)24(31)26-18-10-8-9-13-25-23(18)30;;/h11-12,14-16,18,25-29H,7-10,13,17H2,1-6H3,(H,34,39);11-12,14,18-22H,7-10,13H2,1-6H3,(H,25,30)(H,26,31);2*1H4/b2*12-11+;;/t18?,25-,26+,27-,28+,29+;14?,18-,19+,20-,21+,22+;;/m00../s1. The lowest BCUT2D eigenvalue weighted by molar-refractivity contribution is -0.192. The van der Waals surface area contributed by atoms with Gasteiger partial charge in [-0.1, -0.05) is 67.5 Å². The third kappa shape index (κ3) is 26.5. The van der Waals surface area contributed by atoms with Gasteiger partial charge in [0.2, 0.25) is 11.8 Å². The summed E-state index contributed by atoms with van der Waals surface area (Å²) in [6.07, 6.45) is -0.119. The van der Waals surface area contributed by atoms with Crippen LogP contribution in [-0.4, -0.2) is 153 Å². The zero-order chi connectivity index (χ0) is 59.5. The van der Waals surface area contributed by atoms with Gasteiger partial charge in [0.15, 0.2) is 48.8 Å². The first-order valence-corrected chi connectivity index (χ1v) is 26.3. The summed E-state index contributed by atoms with van der Waals surface area (Å²) in [4.78, 5) is 126. The molecule has 0 aliphatic carbocycles. The highest BCUT2D eigenvalue weighted by Gasteiger charge is 2.47. The molecule has 0 radical (unpaired) electrons. The number of hydrogen-bond acceptors (Lipinski definition) is 18. The predicted molar refractivity (Wildman–Crippen MR) is 292 cm³/mol. The van der Waals surface area contributed by atoms with E-state index in [1.807, 2.05) is 27.7 Å². The Morgan fingerprint density at radius 2 is 0.963 bits per heavy atom. The lowest BCUT2D eigenvalue weighted by atomic mass is 9.98. The molecule has 2 unspecified atom stereocenters. The Hall–Kier alpha value is -6.82. The SMILES string of the molecule is C.C.CCC(C)/C=C/[C@@H](OC(C)=O)[C@H](OC(C)=O)[C@@H](OC(C)=O)[C@@H](OC)C(=O)N[C@H]1CCCCN(Cc2cc(F)cc(F)c2)C1=O.CCC(C)/C=C/[C@@H](OC(C)=O)[C@H](OC(C)=O)[C@@H](OC(C)=O)[C@@H](OC)C(=O)N[C@H]1CCCCNC1=O. The minimum absolute atomic E-state index is 0. The maximum Gasteiger partial charge on any atom is 0.303 e. The molecule has 3 N–H and O–H groups in total. The fraction of sp³-hybridized carbons (Fsp3) is 0.649. The number of nitrogens with one attached hydrogen (secondary N) is 3. The van der Waals surface area contributed by atoms with Crippen LogP contribution in [0.25, 0.3) is 0 Å². The lowest BCUT2D eigenvalue weighted by Crippen LogP contribution is -2.58. The molecule has 0 aromatic heterocycles. The number of esters is 6. The first-order valence-electron chi connectivity index (χ1n) is 26.3. The van der Waals surface area contributed by atoms with E-state index in [0.717, 1.165) is 78.5 Å². The largest absolute Gasteiger partial charge is 0.455 e. The highest BCUT2D eigenvalue weighted by Crippen LogP contribution is 2.25. The van der Waals surface area contributed by atoms with Gasteiger partial charge in [-0.3, -0.25) is 47.9 Å². The van der Waals surface area contributed by atoms with Crippen LogP contribution in [0.1, 0.15) is 141 Å². The van der Waals surface area contributed by atoms with E-state index in [1.165, 1.54) is 38.2 Å². The van der Waals surface area contributed by atoms with E-state index in [4.69, 9.17) is 37.9 Å². The third-order valence-electron chi connectivity index (χ3n) is 12.5. The number of carbonyl (C=O) groups is 10. The molecule has 81 heavy (non-hydrogen) atoms. The predicted octanol–water partition coefficient (Wildman–Crippen LogP) is 5.83. The molecule has 12 atom stereocenters. The summed E-state index contributed by atoms with van der Waals surface area (Å²) in [6, 6.07) is 1.15. The Kier molecular flexibility index (Phi) is 34.8. The van der Waals surface area contributed by atoms with Gasteiger partial charge in [-0.2, -0.15) is 0 Å². The number of amides is 4. The van der Waals surface area contributed by atoms with Crippen LogP contribution in [0, 0.1) is 23.5 Å². The molecule has 1 aromatic rings. The number of carbonyl (C=O) groups excluding carboxylic acids is 10. The second-order valence-corrected chi connectivity index (χ2v) is 19.2. The van der Waals surface area contributed by atoms with Gasteiger partial charge in [-0.15, -0.1) is 0 Å². The maximum absolute atomic E-state index is 13.8. The van der Waals surface area contributed by atoms with Gasteiger partial charge in [0.1, 0.15) is 23.7 Å². The molecule has 0 bridgehead atoms. The zero-order valence-corrected chi connectivity index (χ0v) is 47.3. The minimum Gasteiger partial charge on any atom is -0.455 e. The fourth-order valence-corrected chi connectivity index (χ4v) is 8.38. The molecule has 0 saturated carbocycles. The van der Waals surface area contributed by atoms with Crippen molar-refractivity contribution in [1.29, 1.82) is 0 Å². The van der Waals surface area contributed by atoms with E-state index in [0.29, 0.717) is 32.4 Å². The number of rotatable bonds is 26. The summed E-state index contributed by atoms with van der Waals surface area (Å²) in [5.41, 5.74) is 0.249. The van der Waals surface area contributed by atoms with Crippen molar-refractivity contribution in [2.45, 2.75) is 203 Å². The Morgan fingerprint density at radius 3 is 1.36 bits per heavy atom. The van der Waals surface area contributed by atoms with Crippen molar-refractivity contribution in [2.75, 3.05) is 27.3 Å². The highest BCUT2D eigenvalue weighted by atomic mass is 19.1. The average molecular weight is 1160 g/mol. The van der Waals surface area contributed by atoms with Crippen LogP contribution < -0.4 is 16.0 Å². The van der Waals surface area contributed by atoms with Gasteiger partial charge < -0.3 is 58.7 Å². The van der Waals surface area contributed by atoms with Crippen molar-refractivity contribution in [3.8, 4) is 0 Å². The van der Waals surface area contributed by atoms with Gasteiger partial charge >= 0.3 is 35.8 Å². The normalized spacial score (nSPS) is 19.1. The number of benzene rings is 1. The number of hydrogen-bond donors (Lipinski definition) is 3. The summed E-state index contributed by atoms with van der Waals surface area (Å²) in [5.74, 6) is -8.38. The van der Waals surface area contributed by atoms with Crippen LogP contribution in [-0.2, 0) is 92.4 Å². The smallest absolute Gasteiger partial charge is 0.303 e. The number of nitrogens with zero attached hydrogens (tertiary/aromatic N) is 1. The van der Waals surface area contributed by atoms with E-state index in [2.05, 4.69) is 16.0 Å². The van der Waals surface area contributed by atoms with Crippen molar-refractivity contribution in [3.05, 3.63) is 59.7 Å². The summed E-state index contributed by atoms with van der Waals surface area (Å²) < 4.78 is 70.9. The molecule has 2 saturated heterocycles. The van der Waals surface area contributed by atoms with Crippen molar-refractivity contribution in [1.82, 2.24) is 20.9 Å². The monoisotopic (exact) mass is 1150 g/mol. The van der Waals surface area contributed by atoms with Crippen molar-refractivity contribution in [3.63, 3.8) is 0 Å². The van der Waals surface area contributed by atoms with Crippen LogP contribution in [0.5, 0.6) is 0 Å². The molecule has 24 heteroatoms. The molecule has 22 nitrogen and oxygen atoms in total. The molecule has 458 valence electrons. The van der Waals surface area contributed by atoms with E-state index in [-0.39, 0.29) is 51.1 Å². The van der Waals surface area contributed by atoms with E-state index >= 15 is 0 Å². The van der Waals surface area contributed by atoms with E-state index < -0.39 is 126 Å². The summed E-state index contributed by atoms with van der Waals surface area (Å²) in [5, 5.41) is 7.99. The molecular formula is C57H88F2N4O18. The van der Waals surface area contributed by atoms with Gasteiger partial charge in [-0.05, 0) is 80.2 Å². The summed E-state index contributed by atoms with van der Waals surface area (Å²) >= 11 is 0. The van der Waals surface area contributed by atoms with Gasteiger partial charge in [-0.25, -0.2) is 8.78 Å². The molecule has 3 rings (SSSR count). The van der Waals surface area contributed by atoms with Crippen molar-refractivity contribution < 1.29 is 94.6 Å². The van der Waals surface area contributed by atoms with Crippen molar-refractivity contribution >= 4 is 59.4 Å². The van der Waals surface area contributed by atoms with Gasteiger partial charge in [0.25, 0.3) is 11.8 Å².